The summed E-state index contributed by atoms with van der Waals surface area (Å²) in [5.74, 6) is 0. The highest BCUT2D eigenvalue weighted by Crippen LogP contribution is 2.49. The van der Waals surface area contributed by atoms with E-state index in [0.29, 0.717) is 5.41 Å². The van der Waals surface area contributed by atoms with Gasteiger partial charge in [0, 0.05) is 11.5 Å². The van der Waals surface area contributed by atoms with Crippen molar-refractivity contribution in [3.8, 4) is 0 Å². The molecule has 1 aliphatic heterocycles. The fraction of sp³-hybridized carbons (Fsp3) is 0.455. The number of hydrogen-bond acceptors (Lipinski definition) is 1. The molecule has 2 fully saturated rings. The van der Waals surface area contributed by atoms with Crippen LogP contribution < -0.4 is 0 Å². The molecule has 3 aliphatic rings. The van der Waals surface area contributed by atoms with E-state index in [1.165, 1.54) is 45.2 Å². The minimum Gasteiger partial charge on any atom is -0.300 e. The van der Waals surface area contributed by atoms with Gasteiger partial charge in [0.1, 0.15) is 0 Å². The first-order chi connectivity index (χ1) is 11.3. The summed E-state index contributed by atoms with van der Waals surface area (Å²) in [7, 11) is 0. The molecule has 1 nitrogen and oxygen atoms in total. The summed E-state index contributed by atoms with van der Waals surface area (Å²) in [6.07, 6.45) is 7.87. The van der Waals surface area contributed by atoms with Crippen LogP contribution in [0.4, 0.5) is 0 Å². The minimum atomic E-state index is 0.378. The van der Waals surface area contributed by atoms with E-state index in [-0.39, 0.29) is 0 Å². The van der Waals surface area contributed by atoms with Gasteiger partial charge in [-0.3, -0.25) is 0 Å². The Hall–Kier alpha value is -1.60. The summed E-state index contributed by atoms with van der Waals surface area (Å²) in [5.41, 5.74) is 6.74. The van der Waals surface area contributed by atoms with E-state index in [1.807, 2.05) is 0 Å². The summed E-state index contributed by atoms with van der Waals surface area (Å²) in [6, 6.07) is 19.3. The maximum absolute atomic E-state index is 2.73. The number of benzene rings is 2. The molecule has 0 radical (unpaired) electrons. The Labute approximate surface area is 139 Å². The van der Waals surface area contributed by atoms with Crippen LogP contribution in [0, 0.1) is 0 Å². The first-order valence-corrected chi connectivity index (χ1v) is 9.23. The van der Waals surface area contributed by atoms with Crippen LogP contribution in [0.25, 0.3) is 0 Å². The Kier molecular flexibility index (Phi) is 3.12. The molecule has 2 aromatic carbocycles. The number of hydrogen-bond donors (Lipinski definition) is 0. The highest BCUT2D eigenvalue weighted by Gasteiger charge is 2.45. The topological polar surface area (TPSA) is 3.24 Å². The quantitative estimate of drug-likeness (QED) is 0.758. The second kappa shape index (κ2) is 5.21. The third-order valence-corrected chi connectivity index (χ3v) is 6.61. The lowest BCUT2D eigenvalue weighted by molar-refractivity contribution is 0.116. The molecule has 1 saturated heterocycles. The van der Waals surface area contributed by atoms with Gasteiger partial charge in [0.15, 0.2) is 0 Å². The molecule has 0 aromatic heterocycles. The molecule has 1 heterocycles. The van der Waals surface area contributed by atoms with Crippen molar-refractivity contribution in [2.45, 2.75) is 50.0 Å². The van der Waals surface area contributed by atoms with E-state index in [2.05, 4.69) is 53.4 Å². The highest BCUT2D eigenvalue weighted by molar-refractivity contribution is 5.46. The molecule has 1 spiro atoms. The number of likely N-dealkylation sites (tertiary alicyclic amines) is 1. The van der Waals surface area contributed by atoms with Crippen LogP contribution in [-0.4, -0.2) is 24.0 Å². The third-order valence-electron chi connectivity index (χ3n) is 6.61. The van der Waals surface area contributed by atoms with E-state index in [9.17, 15) is 0 Å². The zero-order valence-corrected chi connectivity index (χ0v) is 13.8. The van der Waals surface area contributed by atoms with Gasteiger partial charge in [-0.05, 0) is 73.9 Å². The van der Waals surface area contributed by atoms with Crippen LogP contribution in [0.3, 0.4) is 0 Å². The third kappa shape index (κ3) is 2.17. The van der Waals surface area contributed by atoms with Gasteiger partial charge in [-0.2, -0.15) is 0 Å². The van der Waals surface area contributed by atoms with Gasteiger partial charge in [0.25, 0.3) is 0 Å². The molecule has 2 atom stereocenters. The lowest BCUT2D eigenvalue weighted by atomic mass is 9.73. The average molecular weight is 303 g/mol. The van der Waals surface area contributed by atoms with Crippen molar-refractivity contribution in [2.24, 2.45) is 0 Å². The normalized spacial score (nSPS) is 29.7. The second-order valence-corrected chi connectivity index (χ2v) is 7.85. The Balaban J connectivity index is 1.60. The van der Waals surface area contributed by atoms with Crippen LogP contribution in [0.5, 0.6) is 0 Å². The van der Waals surface area contributed by atoms with E-state index < -0.39 is 0 Å². The molecular weight excluding hydrogens is 278 g/mol. The lowest BCUT2D eigenvalue weighted by Gasteiger charge is -2.38. The van der Waals surface area contributed by atoms with Gasteiger partial charge in [-0.1, -0.05) is 48.5 Å². The average Bonchev–Trinajstić information content (AvgIpc) is 2.86. The first kappa shape index (κ1) is 13.8. The Morgan fingerprint density at radius 1 is 0.870 bits per heavy atom. The minimum absolute atomic E-state index is 0.378. The van der Waals surface area contributed by atoms with Crippen LogP contribution >= 0.6 is 0 Å². The first-order valence-electron chi connectivity index (χ1n) is 9.23. The molecule has 23 heavy (non-hydrogen) atoms. The molecule has 0 N–H and O–H groups in total. The Morgan fingerprint density at radius 2 is 1.61 bits per heavy atom. The summed E-state index contributed by atoms with van der Waals surface area (Å²) in [6.45, 7) is 2.66. The van der Waals surface area contributed by atoms with Crippen LogP contribution in [0.15, 0.2) is 48.5 Å². The van der Waals surface area contributed by atoms with Crippen molar-refractivity contribution in [1.29, 1.82) is 0 Å². The fourth-order valence-electron chi connectivity index (χ4n) is 5.28. The van der Waals surface area contributed by atoms with Gasteiger partial charge in [-0.15, -0.1) is 0 Å². The molecule has 118 valence electrons. The van der Waals surface area contributed by atoms with E-state index in [1.54, 1.807) is 22.3 Å². The molecule has 1 heteroatoms. The number of fused-ring (bicyclic) bond motifs is 3. The number of nitrogens with zero attached hydrogens (tertiary/aromatic N) is 1. The molecule has 2 aromatic rings. The van der Waals surface area contributed by atoms with E-state index in [4.69, 9.17) is 0 Å². The summed E-state index contributed by atoms with van der Waals surface area (Å²) in [4.78, 5) is 2.73. The molecule has 2 unspecified atom stereocenters. The predicted molar refractivity (Wildman–Crippen MR) is 94.9 cm³/mol. The van der Waals surface area contributed by atoms with E-state index in [0.717, 1.165) is 12.5 Å². The maximum atomic E-state index is 2.73. The maximum Gasteiger partial charge on any atom is 0.0104 e. The van der Waals surface area contributed by atoms with Crippen LogP contribution in [-0.2, 0) is 18.3 Å². The lowest BCUT2D eigenvalue weighted by Crippen LogP contribution is -2.44. The van der Waals surface area contributed by atoms with Crippen molar-refractivity contribution in [3.63, 3.8) is 0 Å². The van der Waals surface area contributed by atoms with Crippen molar-refractivity contribution in [2.75, 3.05) is 13.1 Å². The summed E-state index contributed by atoms with van der Waals surface area (Å²) in [5, 5.41) is 0. The van der Waals surface area contributed by atoms with Crippen molar-refractivity contribution in [3.05, 3.63) is 70.8 Å². The van der Waals surface area contributed by atoms with E-state index >= 15 is 0 Å². The Bertz CT molecular complexity index is 730. The molecule has 2 aliphatic carbocycles. The molecule has 1 saturated carbocycles. The van der Waals surface area contributed by atoms with Crippen molar-refractivity contribution < 1.29 is 0 Å². The van der Waals surface area contributed by atoms with Gasteiger partial charge < -0.3 is 4.90 Å². The van der Waals surface area contributed by atoms with Gasteiger partial charge in [0.2, 0.25) is 0 Å². The highest BCUT2D eigenvalue weighted by atomic mass is 15.2. The predicted octanol–water partition coefficient (Wildman–Crippen LogP) is 4.33. The molecule has 0 amide bonds. The molecule has 5 rings (SSSR count). The van der Waals surface area contributed by atoms with Gasteiger partial charge >= 0.3 is 0 Å². The zero-order chi connectivity index (χ0) is 15.3. The monoisotopic (exact) mass is 303 g/mol. The van der Waals surface area contributed by atoms with Gasteiger partial charge in [0.05, 0.1) is 0 Å². The molecular formula is C22H25N. The fourth-order valence-corrected chi connectivity index (χ4v) is 5.28. The van der Waals surface area contributed by atoms with Crippen LogP contribution in [0.2, 0.25) is 0 Å². The zero-order valence-electron chi connectivity index (χ0n) is 13.8. The largest absolute Gasteiger partial charge is 0.300 e. The van der Waals surface area contributed by atoms with Gasteiger partial charge in [-0.25, -0.2) is 0 Å². The smallest absolute Gasteiger partial charge is 0.0104 e. The Morgan fingerprint density at radius 3 is 2.39 bits per heavy atom. The summed E-state index contributed by atoms with van der Waals surface area (Å²) >= 11 is 0. The summed E-state index contributed by atoms with van der Waals surface area (Å²) < 4.78 is 0. The SMILES string of the molecule is c1ccc2c(c1)Cc1ccccc1C1(CCC(N3CCC3)C1)C2. The van der Waals surface area contributed by atoms with Crippen LogP contribution in [0.1, 0.15) is 47.9 Å². The standard InChI is InChI=1S/C22H25N/c1-2-8-19-15-22(11-10-20(16-22)23-12-5-13-23)21-9-4-3-7-18(21)14-17(19)6-1/h1-4,6-9,20H,5,10-16H2. The molecule has 0 bridgehead atoms. The number of rotatable bonds is 1. The van der Waals surface area contributed by atoms with Crippen molar-refractivity contribution >= 4 is 0 Å². The second-order valence-electron chi connectivity index (χ2n) is 7.85. The van der Waals surface area contributed by atoms with Crippen molar-refractivity contribution in [1.82, 2.24) is 4.90 Å².